The number of aromatic nitrogens is 2. The highest BCUT2D eigenvalue weighted by molar-refractivity contribution is 5.72. The molecule has 0 amide bonds. The standard InChI is InChI=1S/C12H13N3O2/c1-7-11(15-12(13)14-7)9-4-2-3-8(5-9)6-10(16)17/h2-5H,6H2,1H3,(H,16,17)(H3,13,14,15). The Kier molecular flexibility index (Phi) is 2.82. The Labute approximate surface area is 98.3 Å². The van der Waals surface area contributed by atoms with E-state index in [2.05, 4.69) is 9.97 Å². The topological polar surface area (TPSA) is 92.0 Å². The van der Waals surface area contributed by atoms with Gasteiger partial charge in [0, 0.05) is 11.3 Å². The molecule has 1 aromatic carbocycles. The van der Waals surface area contributed by atoms with Crippen molar-refractivity contribution >= 4 is 11.9 Å². The van der Waals surface area contributed by atoms with E-state index in [1.807, 2.05) is 25.1 Å². The number of carboxylic acids is 1. The normalized spacial score (nSPS) is 10.4. The number of carboxylic acid groups (broad SMARTS) is 1. The summed E-state index contributed by atoms with van der Waals surface area (Å²) in [6.45, 7) is 1.88. The first kappa shape index (κ1) is 11.2. The van der Waals surface area contributed by atoms with Crippen LogP contribution in [0.15, 0.2) is 24.3 Å². The monoisotopic (exact) mass is 231 g/mol. The highest BCUT2D eigenvalue weighted by atomic mass is 16.4. The van der Waals surface area contributed by atoms with Gasteiger partial charge >= 0.3 is 5.97 Å². The molecule has 2 aromatic rings. The molecule has 0 saturated carbocycles. The van der Waals surface area contributed by atoms with E-state index in [4.69, 9.17) is 10.8 Å². The highest BCUT2D eigenvalue weighted by Gasteiger charge is 2.08. The second-order valence-electron chi connectivity index (χ2n) is 3.87. The number of aliphatic carboxylic acids is 1. The second-order valence-corrected chi connectivity index (χ2v) is 3.87. The van der Waals surface area contributed by atoms with Crippen molar-refractivity contribution in [2.45, 2.75) is 13.3 Å². The molecule has 88 valence electrons. The summed E-state index contributed by atoms with van der Waals surface area (Å²) in [5.74, 6) is -0.485. The van der Waals surface area contributed by atoms with Crippen LogP contribution in [-0.4, -0.2) is 21.0 Å². The van der Waals surface area contributed by atoms with Gasteiger partial charge in [0.25, 0.3) is 0 Å². The van der Waals surface area contributed by atoms with Crippen LogP contribution in [0.25, 0.3) is 11.3 Å². The fourth-order valence-corrected chi connectivity index (χ4v) is 1.77. The van der Waals surface area contributed by atoms with Gasteiger partial charge in [-0.1, -0.05) is 18.2 Å². The molecular weight excluding hydrogens is 218 g/mol. The Morgan fingerprint density at radius 2 is 2.29 bits per heavy atom. The van der Waals surface area contributed by atoms with Gasteiger partial charge in [0.15, 0.2) is 5.95 Å². The van der Waals surface area contributed by atoms with Crippen molar-refractivity contribution in [3.05, 3.63) is 35.5 Å². The predicted molar refractivity (Wildman–Crippen MR) is 64.5 cm³/mol. The number of carbonyl (C=O) groups is 1. The highest BCUT2D eigenvalue weighted by Crippen LogP contribution is 2.22. The first-order valence-corrected chi connectivity index (χ1v) is 5.19. The zero-order chi connectivity index (χ0) is 12.4. The summed E-state index contributed by atoms with van der Waals surface area (Å²) in [5.41, 5.74) is 8.82. The second kappa shape index (κ2) is 4.29. The maximum atomic E-state index is 10.6. The summed E-state index contributed by atoms with van der Waals surface area (Å²) in [5, 5.41) is 8.75. The van der Waals surface area contributed by atoms with Crippen LogP contribution >= 0.6 is 0 Å². The van der Waals surface area contributed by atoms with Crippen molar-refractivity contribution in [3.8, 4) is 11.3 Å². The summed E-state index contributed by atoms with van der Waals surface area (Å²) < 4.78 is 0. The van der Waals surface area contributed by atoms with E-state index < -0.39 is 5.97 Å². The lowest BCUT2D eigenvalue weighted by Crippen LogP contribution is -1.99. The molecule has 0 spiro atoms. The quantitative estimate of drug-likeness (QED) is 0.748. The number of nitrogens with two attached hydrogens (primary N) is 1. The van der Waals surface area contributed by atoms with E-state index in [1.54, 1.807) is 6.07 Å². The minimum Gasteiger partial charge on any atom is -0.481 e. The molecule has 4 N–H and O–H groups in total. The number of benzene rings is 1. The number of rotatable bonds is 3. The molecule has 2 rings (SSSR count). The fraction of sp³-hybridized carbons (Fsp3) is 0.167. The van der Waals surface area contributed by atoms with Crippen LogP contribution in [0.2, 0.25) is 0 Å². The Balaban J connectivity index is 2.39. The van der Waals surface area contributed by atoms with Crippen LogP contribution in [0.3, 0.4) is 0 Å². The van der Waals surface area contributed by atoms with Crippen LogP contribution < -0.4 is 5.73 Å². The van der Waals surface area contributed by atoms with Gasteiger partial charge in [-0.2, -0.15) is 0 Å². The maximum Gasteiger partial charge on any atom is 0.307 e. The Morgan fingerprint density at radius 1 is 1.53 bits per heavy atom. The van der Waals surface area contributed by atoms with Crippen LogP contribution in [-0.2, 0) is 11.2 Å². The third-order valence-corrected chi connectivity index (χ3v) is 2.46. The fourth-order valence-electron chi connectivity index (χ4n) is 1.77. The van der Waals surface area contributed by atoms with E-state index in [1.165, 1.54) is 0 Å². The van der Waals surface area contributed by atoms with Gasteiger partial charge in [-0.3, -0.25) is 4.79 Å². The van der Waals surface area contributed by atoms with Gasteiger partial charge in [-0.25, -0.2) is 4.98 Å². The van der Waals surface area contributed by atoms with Gasteiger partial charge < -0.3 is 15.8 Å². The minimum atomic E-state index is -0.847. The third kappa shape index (κ3) is 2.44. The van der Waals surface area contributed by atoms with E-state index in [0.717, 1.165) is 22.5 Å². The van der Waals surface area contributed by atoms with Crippen LogP contribution in [0.5, 0.6) is 0 Å². The number of aromatic amines is 1. The van der Waals surface area contributed by atoms with Crippen molar-refractivity contribution in [1.82, 2.24) is 9.97 Å². The van der Waals surface area contributed by atoms with Crippen LogP contribution in [0, 0.1) is 6.92 Å². The molecule has 0 aliphatic carbocycles. The number of anilines is 1. The number of aryl methyl sites for hydroxylation is 1. The molecule has 1 aromatic heterocycles. The zero-order valence-electron chi connectivity index (χ0n) is 9.40. The van der Waals surface area contributed by atoms with Gasteiger partial charge in [0.05, 0.1) is 12.1 Å². The van der Waals surface area contributed by atoms with Crippen molar-refractivity contribution < 1.29 is 9.90 Å². The van der Waals surface area contributed by atoms with Gasteiger partial charge in [-0.15, -0.1) is 0 Å². The molecule has 5 heteroatoms. The lowest BCUT2D eigenvalue weighted by atomic mass is 10.1. The first-order valence-electron chi connectivity index (χ1n) is 5.19. The van der Waals surface area contributed by atoms with E-state index in [-0.39, 0.29) is 6.42 Å². The van der Waals surface area contributed by atoms with Crippen LogP contribution in [0.1, 0.15) is 11.3 Å². The first-order chi connectivity index (χ1) is 8.06. The number of imidazole rings is 1. The molecule has 1 heterocycles. The molecule has 17 heavy (non-hydrogen) atoms. The van der Waals surface area contributed by atoms with Gasteiger partial charge in [0.1, 0.15) is 0 Å². The van der Waals surface area contributed by atoms with E-state index >= 15 is 0 Å². The summed E-state index contributed by atoms with van der Waals surface area (Å²) in [6.07, 6.45) is 0.00674. The average Bonchev–Trinajstić information content (AvgIpc) is 2.57. The summed E-state index contributed by atoms with van der Waals surface area (Å²) in [6, 6.07) is 7.30. The smallest absolute Gasteiger partial charge is 0.307 e. The molecule has 0 fully saturated rings. The Morgan fingerprint density at radius 3 is 2.88 bits per heavy atom. The number of H-pyrrole nitrogens is 1. The predicted octanol–water partition coefficient (Wildman–Crippen LogP) is 1.59. The van der Waals surface area contributed by atoms with Crippen molar-refractivity contribution in [2.24, 2.45) is 0 Å². The Bertz CT molecular complexity index is 561. The van der Waals surface area contributed by atoms with E-state index in [9.17, 15) is 4.79 Å². The van der Waals surface area contributed by atoms with Crippen molar-refractivity contribution in [2.75, 3.05) is 5.73 Å². The molecule has 0 saturated heterocycles. The largest absolute Gasteiger partial charge is 0.481 e. The molecule has 0 aliphatic heterocycles. The number of nitrogen functional groups attached to an aromatic ring is 1. The molecule has 0 unspecified atom stereocenters. The number of nitrogens with zero attached hydrogens (tertiary/aromatic N) is 1. The van der Waals surface area contributed by atoms with Gasteiger partial charge in [0.2, 0.25) is 0 Å². The molecule has 0 bridgehead atoms. The maximum absolute atomic E-state index is 10.6. The molecule has 5 nitrogen and oxygen atoms in total. The average molecular weight is 231 g/mol. The van der Waals surface area contributed by atoms with E-state index in [0.29, 0.717) is 5.95 Å². The summed E-state index contributed by atoms with van der Waals surface area (Å²) in [7, 11) is 0. The van der Waals surface area contributed by atoms with Crippen LogP contribution in [0.4, 0.5) is 5.95 Å². The lowest BCUT2D eigenvalue weighted by molar-refractivity contribution is -0.136. The lowest BCUT2D eigenvalue weighted by Gasteiger charge is -2.02. The molecule has 0 atom stereocenters. The number of hydrogen-bond acceptors (Lipinski definition) is 3. The summed E-state index contributed by atoms with van der Waals surface area (Å²) >= 11 is 0. The third-order valence-electron chi connectivity index (χ3n) is 2.46. The Hall–Kier alpha value is -2.30. The SMILES string of the molecule is Cc1[nH]c(N)nc1-c1cccc(CC(=O)O)c1. The molecule has 0 aliphatic rings. The van der Waals surface area contributed by atoms with Crippen molar-refractivity contribution in [3.63, 3.8) is 0 Å². The van der Waals surface area contributed by atoms with Crippen molar-refractivity contribution in [1.29, 1.82) is 0 Å². The number of hydrogen-bond donors (Lipinski definition) is 3. The minimum absolute atomic E-state index is 0.00674. The summed E-state index contributed by atoms with van der Waals surface area (Å²) in [4.78, 5) is 17.7. The van der Waals surface area contributed by atoms with Gasteiger partial charge in [-0.05, 0) is 18.6 Å². The number of nitrogens with one attached hydrogen (secondary N) is 1. The molecule has 0 radical (unpaired) electrons. The zero-order valence-corrected chi connectivity index (χ0v) is 9.40. The molecular formula is C12H13N3O2.